The third-order valence-corrected chi connectivity index (χ3v) is 8.09. The van der Waals surface area contributed by atoms with Crippen molar-refractivity contribution in [1.82, 2.24) is 10.3 Å². The lowest BCUT2D eigenvalue weighted by atomic mass is 9.84. The van der Waals surface area contributed by atoms with Crippen LogP contribution in [-0.2, 0) is 16.1 Å². The zero-order valence-electron chi connectivity index (χ0n) is 20.3. The number of carbonyl (C=O) groups is 2. The SMILES string of the molecule is CC(C)c1oc(-c2ccc3ccccc3c2)nc1COC1CCCC(CCC2SC(=O)NC2=O)C1. The Labute approximate surface area is 210 Å². The summed E-state index contributed by atoms with van der Waals surface area (Å²) in [5.41, 5.74) is 1.85. The van der Waals surface area contributed by atoms with Gasteiger partial charge < -0.3 is 9.15 Å². The standard InChI is InChI=1S/C28H32N2O4S/c1-17(2)25-23(29-27(34-25)21-12-11-19-7-3-4-8-20(19)15-21)16-33-22-9-5-6-18(14-22)10-13-24-26(31)30-28(32)35-24/h3-4,7-8,11-12,15,17-18,22,24H,5-6,9-10,13-14,16H2,1-2H3,(H,30,31,32). The van der Waals surface area contributed by atoms with Crippen molar-refractivity contribution in [3.8, 4) is 11.5 Å². The van der Waals surface area contributed by atoms with Crippen LogP contribution in [0.1, 0.15) is 69.7 Å². The maximum Gasteiger partial charge on any atom is 0.286 e. The normalized spacial score (nSPS) is 22.8. The highest BCUT2D eigenvalue weighted by atomic mass is 32.2. The quantitative estimate of drug-likeness (QED) is 0.371. The summed E-state index contributed by atoms with van der Waals surface area (Å²) < 4.78 is 12.6. The molecule has 1 aliphatic heterocycles. The molecule has 5 rings (SSSR count). The number of carbonyl (C=O) groups excluding carboxylic acids is 2. The van der Waals surface area contributed by atoms with E-state index in [0.29, 0.717) is 18.4 Å². The second kappa shape index (κ2) is 10.5. The van der Waals surface area contributed by atoms with E-state index in [1.165, 1.54) is 5.39 Å². The van der Waals surface area contributed by atoms with E-state index in [9.17, 15) is 9.59 Å². The van der Waals surface area contributed by atoms with Crippen LogP contribution in [0.5, 0.6) is 0 Å². The molecule has 1 N–H and O–H groups in total. The molecular formula is C28H32N2O4S. The molecule has 6 nitrogen and oxygen atoms in total. The average Bonchev–Trinajstić information content (AvgIpc) is 3.44. The number of oxazole rings is 1. The van der Waals surface area contributed by atoms with Crippen molar-refractivity contribution in [2.45, 2.75) is 76.3 Å². The predicted molar refractivity (Wildman–Crippen MR) is 138 cm³/mol. The number of benzene rings is 2. The molecule has 0 bridgehead atoms. The fourth-order valence-corrected chi connectivity index (χ4v) is 6.02. The summed E-state index contributed by atoms with van der Waals surface area (Å²) in [5, 5.41) is 4.29. The lowest BCUT2D eigenvalue weighted by molar-refractivity contribution is -0.119. The third-order valence-electron chi connectivity index (χ3n) is 7.04. The highest BCUT2D eigenvalue weighted by Gasteiger charge is 2.32. The number of hydrogen-bond acceptors (Lipinski definition) is 6. The molecule has 0 spiro atoms. The van der Waals surface area contributed by atoms with E-state index in [4.69, 9.17) is 14.1 Å². The van der Waals surface area contributed by atoms with Gasteiger partial charge in [-0.25, -0.2) is 4.98 Å². The monoisotopic (exact) mass is 492 g/mol. The molecule has 3 unspecified atom stereocenters. The average molecular weight is 493 g/mol. The molecule has 1 saturated carbocycles. The topological polar surface area (TPSA) is 81.4 Å². The largest absolute Gasteiger partial charge is 0.441 e. The van der Waals surface area contributed by atoms with Crippen LogP contribution in [0.2, 0.25) is 0 Å². The van der Waals surface area contributed by atoms with Crippen molar-refractivity contribution >= 4 is 33.7 Å². The minimum Gasteiger partial charge on any atom is -0.441 e. The van der Waals surface area contributed by atoms with E-state index in [1.54, 1.807) is 0 Å². The Bertz CT molecular complexity index is 1220. The maximum atomic E-state index is 11.8. The summed E-state index contributed by atoms with van der Waals surface area (Å²) in [6.45, 7) is 4.68. The lowest BCUT2D eigenvalue weighted by Crippen LogP contribution is -2.26. The zero-order valence-corrected chi connectivity index (χ0v) is 21.1. The first kappa shape index (κ1) is 24.1. The minimum atomic E-state index is -0.235. The summed E-state index contributed by atoms with van der Waals surface area (Å²) in [6, 6.07) is 14.6. The predicted octanol–water partition coefficient (Wildman–Crippen LogP) is 6.83. The summed E-state index contributed by atoms with van der Waals surface area (Å²) >= 11 is 1.13. The van der Waals surface area contributed by atoms with Crippen molar-refractivity contribution in [2.24, 2.45) is 5.92 Å². The molecular weight excluding hydrogens is 460 g/mol. The Hall–Kier alpha value is -2.64. The number of nitrogens with one attached hydrogen (secondary N) is 1. The van der Waals surface area contributed by atoms with Gasteiger partial charge in [0.25, 0.3) is 5.24 Å². The molecule has 184 valence electrons. The highest BCUT2D eigenvalue weighted by Crippen LogP contribution is 2.34. The first-order chi connectivity index (χ1) is 17.0. The molecule has 3 aromatic rings. The minimum absolute atomic E-state index is 0.141. The Morgan fingerprint density at radius 1 is 1.11 bits per heavy atom. The van der Waals surface area contributed by atoms with Gasteiger partial charge in [-0.15, -0.1) is 0 Å². The molecule has 1 aliphatic carbocycles. The Morgan fingerprint density at radius 3 is 2.71 bits per heavy atom. The van der Waals surface area contributed by atoms with E-state index in [-0.39, 0.29) is 28.4 Å². The molecule has 2 heterocycles. The highest BCUT2D eigenvalue weighted by molar-refractivity contribution is 8.15. The summed E-state index contributed by atoms with van der Waals surface area (Å²) in [6.07, 6.45) is 6.18. The van der Waals surface area contributed by atoms with Crippen LogP contribution in [-0.4, -0.2) is 27.5 Å². The van der Waals surface area contributed by atoms with Crippen LogP contribution in [0.15, 0.2) is 46.9 Å². The van der Waals surface area contributed by atoms with Gasteiger partial charge in [0.05, 0.1) is 18.0 Å². The van der Waals surface area contributed by atoms with Crippen LogP contribution in [0, 0.1) is 5.92 Å². The summed E-state index contributed by atoms with van der Waals surface area (Å²) in [5.74, 6) is 2.12. The number of hydrogen-bond donors (Lipinski definition) is 1. The van der Waals surface area contributed by atoms with E-state index >= 15 is 0 Å². The molecule has 35 heavy (non-hydrogen) atoms. The second-order valence-corrected chi connectivity index (χ2v) is 11.1. The number of aromatic nitrogens is 1. The van der Waals surface area contributed by atoms with Gasteiger partial charge in [0, 0.05) is 11.5 Å². The van der Waals surface area contributed by atoms with E-state index in [0.717, 1.165) is 72.7 Å². The van der Waals surface area contributed by atoms with Crippen molar-refractivity contribution < 1.29 is 18.7 Å². The van der Waals surface area contributed by atoms with E-state index < -0.39 is 0 Å². The smallest absolute Gasteiger partial charge is 0.286 e. The van der Waals surface area contributed by atoms with Gasteiger partial charge in [-0.2, -0.15) is 0 Å². The van der Waals surface area contributed by atoms with Crippen LogP contribution < -0.4 is 5.32 Å². The summed E-state index contributed by atoms with van der Waals surface area (Å²) in [7, 11) is 0. The van der Waals surface area contributed by atoms with Gasteiger partial charge in [-0.05, 0) is 54.5 Å². The maximum absolute atomic E-state index is 11.8. The van der Waals surface area contributed by atoms with Gasteiger partial charge in [0.1, 0.15) is 11.5 Å². The van der Waals surface area contributed by atoms with Gasteiger partial charge in [-0.1, -0.05) is 68.8 Å². The fourth-order valence-electron chi connectivity index (χ4n) is 5.19. The van der Waals surface area contributed by atoms with Crippen LogP contribution in [0.3, 0.4) is 0 Å². The number of thioether (sulfide) groups is 1. The Balaban J connectivity index is 1.22. The van der Waals surface area contributed by atoms with Crippen molar-refractivity contribution in [3.63, 3.8) is 0 Å². The third kappa shape index (κ3) is 5.62. The fraction of sp³-hybridized carbons (Fsp3) is 0.464. The number of ether oxygens (including phenoxy) is 1. The molecule has 0 radical (unpaired) electrons. The Kier molecular flexibility index (Phi) is 7.25. The van der Waals surface area contributed by atoms with Gasteiger partial charge in [0.15, 0.2) is 0 Å². The Morgan fingerprint density at radius 2 is 1.94 bits per heavy atom. The number of amides is 2. The molecule has 7 heteroatoms. The number of rotatable bonds is 8. The van der Waals surface area contributed by atoms with E-state index in [1.807, 2.05) is 12.1 Å². The molecule has 1 saturated heterocycles. The van der Waals surface area contributed by atoms with Gasteiger partial charge in [0.2, 0.25) is 11.8 Å². The zero-order chi connectivity index (χ0) is 24.4. The molecule has 2 fully saturated rings. The second-order valence-electron chi connectivity index (χ2n) is 9.97. The van der Waals surface area contributed by atoms with Crippen LogP contribution in [0.4, 0.5) is 4.79 Å². The molecule has 1 aromatic heterocycles. The van der Waals surface area contributed by atoms with Gasteiger partial charge >= 0.3 is 0 Å². The first-order valence-electron chi connectivity index (χ1n) is 12.6. The number of fused-ring (bicyclic) bond motifs is 1. The van der Waals surface area contributed by atoms with Crippen molar-refractivity contribution in [2.75, 3.05) is 0 Å². The van der Waals surface area contributed by atoms with Crippen LogP contribution >= 0.6 is 11.8 Å². The number of nitrogens with zero attached hydrogens (tertiary/aromatic N) is 1. The molecule has 2 aliphatic rings. The first-order valence-corrected chi connectivity index (χ1v) is 13.5. The van der Waals surface area contributed by atoms with E-state index in [2.05, 4.69) is 49.5 Å². The van der Waals surface area contributed by atoms with Crippen LogP contribution in [0.25, 0.3) is 22.2 Å². The molecule has 2 aromatic carbocycles. The summed E-state index contributed by atoms with van der Waals surface area (Å²) in [4.78, 5) is 28.1. The van der Waals surface area contributed by atoms with Crippen molar-refractivity contribution in [3.05, 3.63) is 53.9 Å². The molecule has 2 amide bonds. The molecule has 3 atom stereocenters. The number of imide groups is 1. The van der Waals surface area contributed by atoms with Gasteiger partial charge in [-0.3, -0.25) is 14.9 Å². The lowest BCUT2D eigenvalue weighted by Gasteiger charge is -2.29. The van der Waals surface area contributed by atoms with Crippen molar-refractivity contribution in [1.29, 1.82) is 0 Å².